The molecule has 0 aliphatic carbocycles. The van der Waals surface area contributed by atoms with E-state index in [0.717, 1.165) is 17.7 Å². The minimum absolute atomic E-state index is 0.344. The van der Waals surface area contributed by atoms with Crippen LogP contribution in [0.4, 0.5) is 0 Å². The quantitative estimate of drug-likeness (QED) is 0.752. The van der Waals surface area contributed by atoms with Gasteiger partial charge in [0, 0.05) is 0 Å². The molecule has 0 saturated heterocycles. The van der Waals surface area contributed by atoms with Crippen molar-refractivity contribution in [3.63, 3.8) is 0 Å². The van der Waals surface area contributed by atoms with E-state index >= 15 is 0 Å². The van der Waals surface area contributed by atoms with Crippen molar-refractivity contribution in [2.75, 3.05) is 6.61 Å². The van der Waals surface area contributed by atoms with Crippen LogP contribution in [0, 0.1) is 6.92 Å². The van der Waals surface area contributed by atoms with Crippen molar-refractivity contribution in [3.8, 4) is 5.75 Å². The first-order chi connectivity index (χ1) is 8.40. The van der Waals surface area contributed by atoms with Crippen molar-refractivity contribution >= 4 is 5.97 Å². The molecule has 1 aromatic carbocycles. The van der Waals surface area contributed by atoms with E-state index in [-0.39, 0.29) is 5.97 Å². The molecule has 1 aromatic rings. The summed E-state index contributed by atoms with van der Waals surface area (Å²) in [4.78, 5) is 11.8. The van der Waals surface area contributed by atoms with Crippen LogP contribution in [0.1, 0.15) is 38.8 Å². The Balaban J connectivity index is 2.87. The summed E-state index contributed by atoms with van der Waals surface area (Å²) in [5.74, 6) is 0.384. The predicted molar refractivity (Wildman–Crippen MR) is 71.9 cm³/mol. The van der Waals surface area contributed by atoms with Crippen molar-refractivity contribution in [2.24, 2.45) is 0 Å². The van der Waals surface area contributed by atoms with Gasteiger partial charge in [0.1, 0.15) is 5.75 Å². The van der Waals surface area contributed by atoms with Crippen LogP contribution in [0.2, 0.25) is 0 Å². The number of hydrogen-bond acceptors (Lipinski definition) is 3. The Kier molecular flexibility index (Phi) is 4.76. The van der Waals surface area contributed by atoms with Gasteiger partial charge in [0.05, 0.1) is 6.61 Å². The number of hydrogen-bond donors (Lipinski definition) is 0. The molecule has 0 bridgehead atoms. The van der Waals surface area contributed by atoms with Gasteiger partial charge < -0.3 is 9.47 Å². The largest absolute Gasteiger partial charge is 0.476 e. The van der Waals surface area contributed by atoms with Crippen LogP contribution >= 0.6 is 0 Å². The first kappa shape index (κ1) is 14.6. The minimum atomic E-state index is -0.964. The molecule has 0 atom stereocenters. The van der Waals surface area contributed by atoms with Gasteiger partial charge in [-0.1, -0.05) is 19.1 Å². The third-order valence-corrected chi connectivity index (χ3v) is 2.78. The van der Waals surface area contributed by atoms with Crippen molar-refractivity contribution in [2.45, 2.75) is 46.6 Å². The van der Waals surface area contributed by atoms with E-state index in [4.69, 9.17) is 9.47 Å². The van der Waals surface area contributed by atoms with E-state index in [1.54, 1.807) is 20.8 Å². The van der Waals surface area contributed by atoms with Crippen molar-refractivity contribution in [1.29, 1.82) is 0 Å². The number of ether oxygens (including phenoxy) is 2. The first-order valence-electron chi connectivity index (χ1n) is 6.36. The summed E-state index contributed by atoms with van der Waals surface area (Å²) < 4.78 is 10.8. The zero-order valence-electron chi connectivity index (χ0n) is 11.9. The highest BCUT2D eigenvalue weighted by atomic mass is 16.6. The highest BCUT2D eigenvalue weighted by Gasteiger charge is 2.31. The second kappa shape index (κ2) is 5.89. The summed E-state index contributed by atoms with van der Waals surface area (Å²) in [6, 6.07) is 6.01. The average molecular weight is 250 g/mol. The lowest BCUT2D eigenvalue weighted by atomic mass is 10.1. The predicted octanol–water partition coefficient (Wildman–Crippen LogP) is 3.28. The maximum absolute atomic E-state index is 11.8. The molecule has 0 unspecified atom stereocenters. The molecule has 0 N–H and O–H groups in total. The van der Waals surface area contributed by atoms with Gasteiger partial charge in [-0.25, -0.2) is 4.79 Å². The van der Waals surface area contributed by atoms with Crippen LogP contribution in [0.15, 0.2) is 18.2 Å². The van der Waals surface area contributed by atoms with Crippen LogP contribution in [-0.4, -0.2) is 18.2 Å². The fourth-order valence-corrected chi connectivity index (χ4v) is 1.67. The maximum atomic E-state index is 11.8. The van der Waals surface area contributed by atoms with E-state index in [2.05, 4.69) is 13.0 Å². The van der Waals surface area contributed by atoms with Gasteiger partial charge in [-0.2, -0.15) is 0 Å². The fourth-order valence-electron chi connectivity index (χ4n) is 1.67. The number of benzene rings is 1. The molecule has 0 aliphatic heterocycles. The van der Waals surface area contributed by atoms with Gasteiger partial charge in [0.25, 0.3) is 0 Å². The van der Waals surface area contributed by atoms with Crippen molar-refractivity contribution in [1.82, 2.24) is 0 Å². The molecule has 0 spiro atoms. The number of rotatable bonds is 5. The molecule has 1 rings (SSSR count). The molecule has 0 heterocycles. The average Bonchev–Trinajstić information content (AvgIpc) is 2.32. The molecule has 18 heavy (non-hydrogen) atoms. The molecule has 100 valence electrons. The van der Waals surface area contributed by atoms with E-state index in [1.165, 1.54) is 5.56 Å². The molecule has 3 nitrogen and oxygen atoms in total. The number of carbonyl (C=O) groups is 1. The molecule has 0 amide bonds. The Morgan fingerprint density at radius 3 is 2.44 bits per heavy atom. The van der Waals surface area contributed by atoms with E-state index in [9.17, 15) is 4.79 Å². The summed E-state index contributed by atoms with van der Waals surface area (Å²) in [6.07, 6.45) is 0.988. The normalized spacial score (nSPS) is 11.2. The second-order valence-corrected chi connectivity index (χ2v) is 4.79. The van der Waals surface area contributed by atoms with Gasteiger partial charge in [-0.05, 0) is 51.3 Å². The Bertz CT molecular complexity index is 422. The van der Waals surface area contributed by atoms with Gasteiger partial charge in [0.15, 0.2) is 5.60 Å². The molecular weight excluding hydrogens is 228 g/mol. The maximum Gasteiger partial charge on any atom is 0.349 e. The fraction of sp³-hybridized carbons (Fsp3) is 0.533. The Morgan fingerprint density at radius 2 is 1.94 bits per heavy atom. The molecule has 0 radical (unpaired) electrons. The highest BCUT2D eigenvalue weighted by Crippen LogP contribution is 2.24. The molecule has 0 aliphatic rings. The summed E-state index contributed by atoms with van der Waals surface area (Å²) >= 11 is 0. The topological polar surface area (TPSA) is 35.5 Å². The minimum Gasteiger partial charge on any atom is -0.476 e. The van der Waals surface area contributed by atoms with Crippen molar-refractivity contribution in [3.05, 3.63) is 29.3 Å². The summed E-state index contributed by atoms with van der Waals surface area (Å²) in [5.41, 5.74) is 1.33. The SMILES string of the molecule is CCOC(=O)C(C)(C)Oc1ccc(CC)cc1C. The summed E-state index contributed by atoms with van der Waals surface area (Å²) in [6.45, 7) is 9.68. The number of esters is 1. The third kappa shape index (κ3) is 3.49. The summed E-state index contributed by atoms with van der Waals surface area (Å²) in [7, 11) is 0. The standard InChI is InChI=1S/C15H22O3/c1-6-12-8-9-13(11(3)10-12)18-15(4,5)14(16)17-7-2/h8-10H,6-7H2,1-5H3. The molecule has 3 heteroatoms. The van der Waals surface area contributed by atoms with Crippen LogP contribution < -0.4 is 4.74 Å². The van der Waals surface area contributed by atoms with Gasteiger partial charge in [-0.15, -0.1) is 0 Å². The molecular formula is C15H22O3. The highest BCUT2D eigenvalue weighted by molar-refractivity contribution is 5.79. The smallest absolute Gasteiger partial charge is 0.349 e. The van der Waals surface area contributed by atoms with E-state index in [1.807, 2.05) is 19.1 Å². The van der Waals surface area contributed by atoms with Crippen LogP contribution in [0.3, 0.4) is 0 Å². The lowest BCUT2D eigenvalue weighted by Gasteiger charge is -2.25. The van der Waals surface area contributed by atoms with E-state index in [0.29, 0.717) is 6.61 Å². The molecule has 0 aromatic heterocycles. The van der Waals surface area contributed by atoms with Crippen molar-refractivity contribution < 1.29 is 14.3 Å². The van der Waals surface area contributed by atoms with Gasteiger partial charge in [0.2, 0.25) is 0 Å². The first-order valence-corrected chi connectivity index (χ1v) is 6.36. The number of carbonyl (C=O) groups excluding carboxylic acids is 1. The number of aryl methyl sites for hydroxylation is 2. The summed E-state index contributed by atoms with van der Waals surface area (Å²) in [5, 5.41) is 0. The van der Waals surface area contributed by atoms with Gasteiger partial charge in [-0.3, -0.25) is 0 Å². The lowest BCUT2D eigenvalue weighted by molar-refractivity contribution is -0.158. The third-order valence-electron chi connectivity index (χ3n) is 2.78. The molecule has 0 saturated carbocycles. The zero-order chi connectivity index (χ0) is 13.8. The lowest BCUT2D eigenvalue weighted by Crippen LogP contribution is -2.39. The van der Waals surface area contributed by atoms with Crippen LogP contribution in [-0.2, 0) is 16.0 Å². The Morgan fingerprint density at radius 1 is 1.28 bits per heavy atom. The van der Waals surface area contributed by atoms with Crippen LogP contribution in [0.5, 0.6) is 5.75 Å². The monoisotopic (exact) mass is 250 g/mol. The Labute approximate surface area is 109 Å². The molecule has 0 fully saturated rings. The Hall–Kier alpha value is -1.51. The van der Waals surface area contributed by atoms with Crippen LogP contribution in [0.25, 0.3) is 0 Å². The second-order valence-electron chi connectivity index (χ2n) is 4.79. The van der Waals surface area contributed by atoms with Gasteiger partial charge >= 0.3 is 5.97 Å². The zero-order valence-corrected chi connectivity index (χ0v) is 11.9. The van der Waals surface area contributed by atoms with E-state index < -0.39 is 5.60 Å².